The summed E-state index contributed by atoms with van der Waals surface area (Å²) in [4.78, 5) is 0. The van der Waals surface area contributed by atoms with E-state index in [0.29, 0.717) is 17.7 Å². The van der Waals surface area contributed by atoms with Crippen molar-refractivity contribution in [3.63, 3.8) is 0 Å². The molecule has 0 aliphatic heterocycles. The quantitative estimate of drug-likeness (QED) is 0.889. The molecule has 1 aliphatic carbocycles. The van der Waals surface area contributed by atoms with Crippen molar-refractivity contribution >= 4 is 5.82 Å². The molecular formula is C15H17FN2O. The summed E-state index contributed by atoms with van der Waals surface area (Å²) in [5, 5.41) is 3.90. The first-order chi connectivity index (χ1) is 9.16. The Labute approximate surface area is 111 Å². The smallest absolute Gasteiger partial charge is 0.175 e. The lowest BCUT2D eigenvalue weighted by Crippen LogP contribution is -2.02. The fourth-order valence-electron chi connectivity index (χ4n) is 3.01. The van der Waals surface area contributed by atoms with Crippen LogP contribution in [0.4, 0.5) is 10.2 Å². The van der Waals surface area contributed by atoms with Gasteiger partial charge in [0.25, 0.3) is 0 Å². The maximum Gasteiger partial charge on any atom is 0.175 e. The summed E-state index contributed by atoms with van der Waals surface area (Å²) in [7, 11) is 0. The summed E-state index contributed by atoms with van der Waals surface area (Å²) in [6.07, 6.45) is 3.51. The average molecular weight is 260 g/mol. The second-order valence-electron chi connectivity index (χ2n) is 5.33. The standard InChI is InChI=1S/C15H17FN2O/c1-9-3-2-4-12(9)14-13(15(17)18-19-14)10-5-7-11(16)8-6-10/h5-9,12H,2-4H2,1H3,(H2,17,18). The summed E-state index contributed by atoms with van der Waals surface area (Å²) in [5.74, 6) is 1.93. The number of nitrogens with two attached hydrogens (primary N) is 1. The third kappa shape index (κ3) is 2.11. The first-order valence-corrected chi connectivity index (χ1v) is 6.68. The Bertz CT molecular complexity index is 576. The zero-order valence-corrected chi connectivity index (χ0v) is 10.9. The van der Waals surface area contributed by atoms with E-state index in [0.717, 1.165) is 23.3 Å². The molecule has 0 spiro atoms. The molecule has 1 saturated carbocycles. The van der Waals surface area contributed by atoms with Crippen molar-refractivity contribution in [2.45, 2.75) is 32.1 Å². The zero-order valence-electron chi connectivity index (χ0n) is 10.9. The number of anilines is 1. The van der Waals surface area contributed by atoms with E-state index in [1.54, 1.807) is 12.1 Å². The summed E-state index contributed by atoms with van der Waals surface area (Å²) in [6, 6.07) is 6.32. The Balaban J connectivity index is 2.05. The van der Waals surface area contributed by atoms with Crippen LogP contribution in [0.25, 0.3) is 11.1 Å². The number of nitrogens with zero attached hydrogens (tertiary/aromatic N) is 1. The van der Waals surface area contributed by atoms with Crippen LogP contribution in [0.15, 0.2) is 28.8 Å². The molecule has 1 aromatic heterocycles. The van der Waals surface area contributed by atoms with Gasteiger partial charge in [-0.3, -0.25) is 0 Å². The second-order valence-corrected chi connectivity index (χ2v) is 5.33. The van der Waals surface area contributed by atoms with Crippen molar-refractivity contribution in [2.75, 3.05) is 5.73 Å². The van der Waals surface area contributed by atoms with Crippen molar-refractivity contribution in [1.29, 1.82) is 0 Å². The van der Waals surface area contributed by atoms with E-state index in [-0.39, 0.29) is 5.82 Å². The molecule has 4 heteroatoms. The highest BCUT2D eigenvalue weighted by atomic mass is 19.1. The van der Waals surface area contributed by atoms with Crippen molar-refractivity contribution in [2.24, 2.45) is 5.92 Å². The first-order valence-electron chi connectivity index (χ1n) is 6.68. The van der Waals surface area contributed by atoms with Crippen molar-refractivity contribution in [3.05, 3.63) is 35.8 Å². The number of nitrogen functional groups attached to an aromatic ring is 1. The fraction of sp³-hybridized carbons (Fsp3) is 0.400. The summed E-state index contributed by atoms with van der Waals surface area (Å²) in [6.45, 7) is 2.23. The van der Waals surface area contributed by atoms with Crippen molar-refractivity contribution < 1.29 is 8.91 Å². The molecule has 2 atom stereocenters. The minimum absolute atomic E-state index is 0.255. The molecule has 0 amide bonds. The summed E-state index contributed by atoms with van der Waals surface area (Å²) in [5.41, 5.74) is 7.63. The van der Waals surface area contributed by atoms with E-state index in [2.05, 4.69) is 12.1 Å². The Morgan fingerprint density at radius 1 is 1.26 bits per heavy atom. The van der Waals surface area contributed by atoms with Gasteiger partial charge >= 0.3 is 0 Å². The number of hydrogen-bond acceptors (Lipinski definition) is 3. The first kappa shape index (κ1) is 12.2. The normalized spacial score (nSPS) is 22.8. The minimum atomic E-state index is -0.255. The van der Waals surface area contributed by atoms with Crippen molar-refractivity contribution in [1.82, 2.24) is 5.16 Å². The molecular weight excluding hydrogens is 243 g/mol. The largest absolute Gasteiger partial charge is 0.380 e. The van der Waals surface area contributed by atoms with Gasteiger partial charge in [0.15, 0.2) is 5.82 Å². The van der Waals surface area contributed by atoms with Crippen LogP contribution in [-0.2, 0) is 0 Å². The van der Waals surface area contributed by atoms with Gasteiger partial charge in [0, 0.05) is 5.92 Å². The highest BCUT2D eigenvalue weighted by molar-refractivity contribution is 5.76. The highest BCUT2D eigenvalue weighted by Gasteiger charge is 2.31. The third-order valence-electron chi connectivity index (χ3n) is 4.08. The van der Waals surface area contributed by atoms with E-state index in [9.17, 15) is 4.39 Å². The average Bonchev–Trinajstić information content (AvgIpc) is 2.97. The maximum atomic E-state index is 13.0. The number of halogens is 1. The number of hydrogen-bond donors (Lipinski definition) is 1. The molecule has 0 bridgehead atoms. The Kier molecular flexibility index (Phi) is 3.01. The van der Waals surface area contributed by atoms with Gasteiger partial charge < -0.3 is 10.3 Å². The predicted molar refractivity (Wildman–Crippen MR) is 72.1 cm³/mol. The topological polar surface area (TPSA) is 52.0 Å². The number of rotatable bonds is 2. The molecule has 100 valence electrons. The highest BCUT2D eigenvalue weighted by Crippen LogP contribution is 2.44. The predicted octanol–water partition coefficient (Wildman–Crippen LogP) is 3.97. The third-order valence-corrected chi connectivity index (χ3v) is 4.08. The van der Waals surface area contributed by atoms with Crippen LogP contribution in [-0.4, -0.2) is 5.16 Å². The van der Waals surface area contributed by atoms with Gasteiger partial charge in [-0.2, -0.15) is 0 Å². The Hall–Kier alpha value is -1.84. The van der Waals surface area contributed by atoms with Gasteiger partial charge in [0.1, 0.15) is 11.6 Å². The molecule has 1 aromatic carbocycles. The zero-order chi connectivity index (χ0) is 13.4. The van der Waals surface area contributed by atoms with E-state index >= 15 is 0 Å². The number of benzene rings is 1. The Morgan fingerprint density at radius 2 is 2.00 bits per heavy atom. The van der Waals surface area contributed by atoms with Gasteiger partial charge in [0.2, 0.25) is 0 Å². The fourth-order valence-corrected chi connectivity index (χ4v) is 3.01. The second kappa shape index (κ2) is 4.68. The van der Waals surface area contributed by atoms with Crippen LogP contribution in [0.1, 0.15) is 37.9 Å². The summed E-state index contributed by atoms with van der Waals surface area (Å²) >= 11 is 0. The molecule has 0 radical (unpaired) electrons. The van der Waals surface area contributed by atoms with Gasteiger partial charge in [-0.15, -0.1) is 0 Å². The van der Waals surface area contributed by atoms with Gasteiger partial charge in [-0.05, 0) is 36.5 Å². The van der Waals surface area contributed by atoms with Gasteiger partial charge in [0.05, 0.1) is 5.56 Å². The molecule has 1 fully saturated rings. The molecule has 1 aliphatic rings. The van der Waals surface area contributed by atoms with Crippen LogP contribution in [0.2, 0.25) is 0 Å². The van der Waals surface area contributed by atoms with Gasteiger partial charge in [-0.25, -0.2) is 4.39 Å². The lowest BCUT2D eigenvalue weighted by Gasteiger charge is -2.13. The van der Waals surface area contributed by atoms with Crippen LogP contribution < -0.4 is 5.73 Å². The van der Waals surface area contributed by atoms with Crippen LogP contribution in [0.3, 0.4) is 0 Å². The SMILES string of the molecule is CC1CCCC1c1onc(N)c1-c1ccc(F)cc1. The van der Waals surface area contributed by atoms with Crippen LogP contribution in [0, 0.1) is 11.7 Å². The molecule has 3 rings (SSSR count). The van der Waals surface area contributed by atoms with Gasteiger partial charge in [-0.1, -0.05) is 30.6 Å². The molecule has 19 heavy (non-hydrogen) atoms. The summed E-state index contributed by atoms with van der Waals surface area (Å²) < 4.78 is 18.5. The van der Waals surface area contributed by atoms with Crippen LogP contribution in [0.5, 0.6) is 0 Å². The van der Waals surface area contributed by atoms with E-state index < -0.39 is 0 Å². The molecule has 1 heterocycles. The van der Waals surface area contributed by atoms with E-state index in [1.807, 2.05) is 0 Å². The maximum absolute atomic E-state index is 13.0. The lowest BCUT2D eigenvalue weighted by atomic mass is 9.90. The van der Waals surface area contributed by atoms with Crippen molar-refractivity contribution in [3.8, 4) is 11.1 Å². The minimum Gasteiger partial charge on any atom is -0.380 e. The molecule has 3 nitrogen and oxygen atoms in total. The Morgan fingerprint density at radius 3 is 2.63 bits per heavy atom. The van der Waals surface area contributed by atoms with E-state index in [1.165, 1.54) is 25.0 Å². The lowest BCUT2D eigenvalue weighted by molar-refractivity contribution is 0.341. The van der Waals surface area contributed by atoms with E-state index in [4.69, 9.17) is 10.3 Å². The molecule has 2 unspecified atom stereocenters. The molecule has 2 N–H and O–H groups in total. The molecule has 2 aromatic rings. The molecule has 0 saturated heterocycles. The van der Waals surface area contributed by atoms with Crippen LogP contribution >= 0.6 is 0 Å². The monoisotopic (exact) mass is 260 g/mol. The number of aromatic nitrogens is 1.